The SMILES string of the molecule is COc1ccc2c(c1)N(C)CC(C)N2S(=O)(=O)c1ccc(N2CC[C@H](O)C2)cc1. The summed E-state index contributed by atoms with van der Waals surface area (Å²) in [5.41, 5.74) is 2.41. The first-order chi connectivity index (χ1) is 13.8. The van der Waals surface area contributed by atoms with Crippen molar-refractivity contribution in [1.82, 2.24) is 0 Å². The normalized spacial score (nSPS) is 22.0. The number of aliphatic hydroxyl groups is 1. The van der Waals surface area contributed by atoms with Crippen molar-refractivity contribution in [2.24, 2.45) is 0 Å². The van der Waals surface area contributed by atoms with Crippen LogP contribution in [0.15, 0.2) is 47.4 Å². The number of nitrogens with zero attached hydrogens (tertiary/aromatic N) is 3. The second-order valence-corrected chi connectivity index (χ2v) is 9.58. The monoisotopic (exact) mass is 417 g/mol. The zero-order valence-electron chi connectivity index (χ0n) is 16.9. The fraction of sp³-hybridized carbons (Fsp3) is 0.429. The smallest absolute Gasteiger partial charge is 0.264 e. The van der Waals surface area contributed by atoms with Crippen LogP contribution >= 0.6 is 0 Å². The van der Waals surface area contributed by atoms with Gasteiger partial charge in [-0.25, -0.2) is 8.42 Å². The number of hydrogen-bond donors (Lipinski definition) is 1. The molecule has 0 saturated carbocycles. The van der Waals surface area contributed by atoms with Gasteiger partial charge in [-0.05, 0) is 49.7 Å². The molecule has 2 atom stereocenters. The van der Waals surface area contributed by atoms with Crippen LogP contribution in [-0.4, -0.2) is 59.5 Å². The number of rotatable bonds is 4. The van der Waals surface area contributed by atoms with Crippen LogP contribution in [0.4, 0.5) is 17.1 Å². The van der Waals surface area contributed by atoms with Gasteiger partial charge in [-0.3, -0.25) is 4.31 Å². The maximum absolute atomic E-state index is 13.5. The Morgan fingerprint density at radius 2 is 1.79 bits per heavy atom. The van der Waals surface area contributed by atoms with E-state index < -0.39 is 10.0 Å². The molecular formula is C21H27N3O4S. The van der Waals surface area contributed by atoms with E-state index >= 15 is 0 Å². The summed E-state index contributed by atoms with van der Waals surface area (Å²) in [7, 11) is -0.165. The fourth-order valence-electron chi connectivity index (χ4n) is 4.21. The van der Waals surface area contributed by atoms with Crippen molar-refractivity contribution in [3.8, 4) is 5.75 Å². The van der Waals surface area contributed by atoms with Gasteiger partial charge in [-0.15, -0.1) is 0 Å². The maximum atomic E-state index is 13.5. The Hall–Kier alpha value is -2.45. The van der Waals surface area contributed by atoms with Gasteiger partial charge in [-0.1, -0.05) is 0 Å². The summed E-state index contributed by atoms with van der Waals surface area (Å²) in [6.07, 6.45) is 0.414. The Kier molecular flexibility index (Phi) is 5.08. The van der Waals surface area contributed by atoms with E-state index in [1.165, 1.54) is 4.31 Å². The summed E-state index contributed by atoms with van der Waals surface area (Å²) in [6, 6.07) is 12.2. The van der Waals surface area contributed by atoms with Crippen molar-refractivity contribution < 1.29 is 18.3 Å². The molecule has 4 rings (SSSR count). The van der Waals surface area contributed by atoms with Crippen LogP contribution in [0.1, 0.15) is 13.3 Å². The van der Waals surface area contributed by atoms with E-state index in [2.05, 4.69) is 9.80 Å². The minimum atomic E-state index is -3.72. The van der Waals surface area contributed by atoms with Crippen LogP contribution < -0.4 is 18.8 Å². The van der Waals surface area contributed by atoms with Gasteiger partial charge in [0.15, 0.2) is 0 Å². The molecule has 1 unspecified atom stereocenters. The van der Waals surface area contributed by atoms with Gasteiger partial charge >= 0.3 is 0 Å². The van der Waals surface area contributed by atoms with E-state index in [9.17, 15) is 13.5 Å². The Morgan fingerprint density at radius 3 is 2.41 bits per heavy atom. The van der Waals surface area contributed by atoms with Crippen LogP contribution in [0.3, 0.4) is 0 Å². The van der Waals surface area contributed by atoms with Crippen molar-refractivity contribution in [2.45, 2.75) is 30.4 Å². The fourth-order valence-corrected chi connectivity index (χ4v) is 5.87. The van der Waals surface area contributed by atoms with Gasteiger partial charge in [0.2, 0.25) is 0 Å². The van der Waals surface area contributed by atoms with Crippen LogP contribution in [0, 0.1) is 0 Å². The second kappa shape index (κ2) is 7.42. The van der Waals surface area contributed by atoms with E-state index in [1.807, 2.05) is 32.2 Å². The van der Waals surface area contributed by atoms with Crippen molar-refractivity contribution in [3.63, 3.8) is 0 Å². The molecule has 2 aromatic carbocycles. The van der Waals surface area contributed by atoms with Crippen LogP contribution in [0.5, 0.6) is 5.75 Å². The minimum Gasteiger partial charge on any atom is -0.497 e. The molecule has 2 heterocycles. The number of anilines is 3. The van der Waals surface area contributed by atoms with Gasteiger partial charge in [0.1, 0.15) is 5.75 Å². The molecule has 0 spiro atoms. The summed E-state index contributed by atoms with van der Waals surface area (Å²) >= 11 is 0. The summed E-state index contributed by atoms with van der Waals surface area (Å²) in [4.78, 5) is 4.39. The number of ether oxygens (including phenoxy) is 1. The highest BCUT2D eigenvalue weighted by Gasteiger charge is 2.36. The van der Waals surface area contributed by atoms with Crippen LogP contribution in [-0.2, 0) is 10.0 Å². The van der Waals surface area contributed by atoms with Crippen molar-refractivity contribution in [1.29, 1.82) is 0 Å². The van der Waals surface area contributed by atoms with Gasteiger partial charge in [0.25, 0.3) is 10.0 Å². The molecule has 1 N–H and O–H groups in total. The molecule has 1 saturated heterocycles. The summed E-state index contributed by atoms with van der Waals surface area (Å²) < 4.78 is 33.9. The molecule has 2 aliphatic heterocycles. The number of β-amino-alcohol motifs (C(OH)–C–C–N with tert-alkyl or cyclic N) is 1. The van der Waals surface area contributed by atoms with Crippen molar-refractivity contribution >= 4 is 27.1 Å². The van der Waals surface area contributed by atoms with Crippen LogP contribution in [0.25, 0.3) is 0 Å². The third-order valence-electron chi connectivity index (χ3n) is 5.69. The number of benzene rings is 2. The lowest BCUT2D eigenvalue weighted by Gasteiger charge is -2.41. The Labute approximate surface area is 172 Å². The molecule has 0 aliphatic carbocycles. The topological polar surface area (TPSA) is 73.3 Å². The number of likely N-dealkylation sites (N-methyl/N-ethyl adjacent to an activating group) is 1. The first kappa shape index (κ1) is 19.8. The van der Waals surface area contributed by atoms with E-state index in [4.69, 9.17) is 4.74 Å². The number of fused-ring (bicyclic) bond motifs is 1. The Morgan fingerprint density at radius 1 is 1.07 bits per heavy atom. The molecule has 7 nitrogen and oxygen atoms in total. The molecule has 156 valence electrons. The molecule has 8 heteroatoms. The predicted octanol–water partition coefficient (Wildman–Crippen LogP) is 2.30. The molecule has 2 aliphatic rings. The average molecular weight is 418 g/mol. The predicted molar refractivity (Wildman–Crippen MR) is 115 cm³/mol. The zero-order chi connectivity index (χ0) is 20.8. The summed E-state index contributed by atoms with van der Waals surface area (Å²) in [6.45, 7) is 3.86. The average Bonchev–Trinajstić information content (AvgIpc) is 3.14. The van der Waals surface area contributed by atoms with Gasteiger partial charge < -0.3 is 19.6 Å². The number of methoxy groups -OCH3 is 1. The van der Waals surface area contributed by atoms with E-state index in [0.717, 1.165) is 24.3 Å². The van der Waals surface area contributed by atoms with Gasteiger partial charge in [-0.2, -0.15) is 0 Å². The van der Waals surface area contributed by atoms with E-state index in [0.29, 0.717) is 24.5 Å². The highest BCUT2D eigenvalue weighted by atomic mass is 32.2. The molecule has 0 amide bonds. The first-order valence-corrected chi connectivity index (χ1v) is 11.2. The molecule has 2 aromatic rings. The molecular weight excluding hydrogens is 390 g/mol. The first-order valence-electron chi connectivity index (χ1n) is 9.78. The zero-order valence-corrected chi connectivity index (χ0v) is 17.8. The lowest BCUT2D eigenvalue weighted by atomic mass is 10.1. The third-order valence-corrected chi connectivity index (χ3v) is 7.63. The number of sulfonamides is 1. The maximum Gasteiger partial charge on any atom is 0.264 e. The lowest BCUT2D eigenvalue weighted by molar-refractivity contribution is 0.198. The molecule has 0 radical (unpaired) electrons. The second-order valence-electron chi connectivity index (χ2n) is 7.77. The van der Waals surface area contributed by atoms with Gasteiger partial charge in [0.05, 0.1) is 35.5 Å². The van der Waals surface area contributed by atoms with E-state index in [-0.39, 0.29) is 17.0 Å². The molecule has 1 fully saturated rings. The molecule has 0 bridgehead atoms. The summed E-state index contributed by atoms with van der Waals surface area (Å²) in [5.74, 6) is 0.694. The molecule has 0 aromatic heterocycles. The van der Waals surface area contributed by atoms with Crippen LogP contribution in [0.2, 0.25) is 0 Å². The van der Waals surface area contributed by atoms with Crippen molar-refractivity contribution in [2.75, 3.05) is 47.9 Å². The Bertz CT molecular complexity index is 993. The van der Waals surface area contributed by atoms with Crippen molar-refractivity contribution in [3.05, 3.63) is 42.5 Å². The quantitative estimate of drug-likeness (QED) is 0.823. The lowest BCUT2D eigenvalue weighted by Crippen LogP contribution is -2.49. The highest BCUT2D eigenvalue weighted by molar-refractivity contribution is 7.92. The number of hydrogen-bond acceptors (Lipinski definition) is 6. The summed E-state index contributed by atoms with van der Waals surface area (Å²) in [5, 5.41) is 9.74. The van der Waals surface area contributed by atoms with E-state index in [1.54, 1.807) is 31.4 Å². The Balaban J connectivity index is 1.69. The minimum absolute atomic E-state index is 0.209. The highest BCUT2D eigenvalue weighted by Crippen LogP contribution is 2.40. The standard InChI is InChI=1S/C21H27N3O4S/c1-15-13-22(2)21-12-18(28-3)6-9-20(21)24(15)29(26,27)19-7-4-16(5-8-19)23-11-10-17(25)14-23/h4-9,12,15,17,25H,10-11,13-14H2,1-3H3/t15?,17-/m0/s1. The van der Waals surface area contributed by atoms with Gasteiger partial charge in [0, 0.05) is 38.4 Å². The largest absolute Gasteiger partial charge is 0.497 e. The third kappa shape index (κ3) is 3.51. The molecule has 29 heavy (non-hydrogen) atoms. The number of aliphatic hydroxyl groups excluding tert-OH is 1.